The highest BCUT2D eigenvalue weighted by Crippen LogP contribution is 2.47. The lowest BCUT2D eigenvalue weighted by atomic mass is 9.34. The summed E-state index contributed by atoms with van der Waals surface area (Å²) in [6, 6.07) is 142. The molecule has 0 radical (unpaired) electrons. The van der Waals surface area contributed by atoms with E-state index in [9.17, 15) is 0 Å². The third-order valence-corrected chi connectivity index (χ3v) is 30.8. The second kappa shape index (κ2) is 24.6. The Hall–Kier alpha value is -11.8. The van der Waals surface area contributed by atoms with E-state index in [1.165, 1.54) is 85.5 Å². The van der Waals surface area contributed by atoms with Gasteiger partial charge in [-0.3, -0.25) is 0 Å². The molecule has 0 fully saturated rings. The summed E-state index contributed by atoms with van der Waals surface area (Å²) in [5, 5.41) is 12.8. The molecule has 0 saturated heterocycles. The van der Waals surface area contributed by atoms with E-state index in [0.717, 1.165) is 67.3 Å². The van der Waals surface area contributed by atoms with Crippen molar-refractivity contribution < 1.29 is 4.74 Å². The molecule has 0 aliphatic carbocycles. The van der Waals surface area contributed by atoms with E-state index in [4.69, 9.17) is 4.74 Å². The van der Waals surface area contributed by atoms with Gasteiger partial charge in [0.25, 0.3) is 6.71 Å². The standard InChI is InChI=1S/C94H71BN2OSi2/c1-94(2,3)71-53-58-88(83(61-71)68-35-15-6-16-36-68)97-89-64-79(99(73-39-17-7-18-40-73,74-41-19-8-20-42-74)77-47-29-37-69(59-77)66-31-11-4-12-32-66)54-56-84(89)95-85-57-55-80(65-91(85)98-92-63-72(62-90(97)93(92)95)96-86-51-27-25-49-81(86)82-50-26-28-52-87(82)96)100(75-43-21-9-22-44-75,76-45-23-10-24-46-76)78-48-30-38-70(60-78)67-33-13-5-14-34-67/h4-65H,1-3H3. The first-order chi connectivity index (χ1) is 49.2. The minimum Gasteiger partial charge on any atom is -0.458 e. The largest absolute Gasteiger partial charge is 0.458 e. The van der Waals surface area contributed by atoms with Gasteiger partial charge in [-0.1, -0.05) is 348 Å². The molecule has 100 heavy (non-hydrogen) atoms. The predicted molar refractivity (Wildman–Crippen MR) is 429 cm³/mol. The fraction of sp³-hybridized carbons (Fsp3) is 0.0426. The molecular formula is C94H71BN2OSi2. The number of ether oxygens (including phenoxy) is 1. The number of anilines is 3. The van der Waals surface area contributed by atoms with Crippen LogP contribution in [0.4, 0.5) is 17.1 Å². The lowest BCUT2D eigenvalue weighted by molar-refractivity contribution is 0.487. The third-order valence-electron chi connectivity index (χ3n) is 21.3. The minimum atomic E-state index is -3.28. The second-order valence-corrected chi connectivity index (χ2v) is 35.5. The Balaban J connectivity index is 0.966. The van der Waals surface area contributed by atoms with E-state index < -0.39 is 16.1 Å². The maximum Gasteiger partial charge on any atom is 0.256 e. The zero-order valence-electron chi connectivity index (χ0n) is 56.2. The Morgan fingerprint density at radius 2 is 0.700 bits per heavy atom. The molecule has 0 bridgehead atoms. The fourth-order valence-corrected chi connectivity index (χ4v) is 26.3. The van der Waals surface area contributed by atoms with Gasteiger partial charge in [0.05, 0.1) is 22.4 Å². The monoisotopic (exact) mass is 1310 g/mol. The van der Waals surface area contributed by atoms with Gasteiger partial charge in [0, 0.05) is 33.8 Å². The van der Waals surface area contributed by atoms with Gasteiger partial charge in [-0.05, 0) is 139 Å². The van der Waals surface area contributed by atoms with Crippen LogP contribution in [0.5, 0.6) is 11.5 Å². The molecule has 0 unspecified atom stereocenters. The Labute approximate surface area is 588 Å². The van der Waals surface area contributed by atoms with Gasteiger partial charge in [0.1, 0.15) is 11.5 Å². The van der Waals surface area contributed by atoms with Gasteiger partial charge in [0.15, 0.2) is 16.1 Å². The summed E-state index contributed by atoms with van der Waals surface area (Å²) >= 11 is 0. The zero-order chi connectivity index (χ0) is 66.9. The number of nitrogens with zero attached hydrogens (tertiary/aromatic N) is 2. The summed E-state index contributed by atoms with van der Waals surface area (Å²) < 4.78 is 10.5. The van der Waals surface area contributed by atoms with E-state index in [1.807, 2.05) is 0 Å². The van der Waals surface area contributed by atoms with Crippen LogP contribution in [0, 0.1) is 0 Å². The summed E-state index contributed by atoms with van der Waals surface area (Å²) in [7, 11) is -6.46. The first-order valence-corrected chi connectivity index (χ1v) is 38.9. The van der Waals surface area contributed by atoms with Crippen molar-refractivity contribution in [2.24, 2.45) is 0 Å². The molecule has 16 aromatic rings. The van der Waals surface area contributed by atoms with Crippen LogP contribution in [-0.2, 0) is 5.41 Å². The number of hydrogen-bond donors (Lipinski definition) is 0. The highest BCUT2D eigenvalue weighted by atomic mass is 28.3. The van der Waals surface area contributed by atoms with Crippen molar-refractivity contribution in [2.75, 3.05) is 4.90 Å². The lowest BCUT2D eigenvalue weighted by Crippen LogP contribution is -2.75. The summed E-state index contributed by atoms with van der Waals surface area (Å²) in [6.45, 7) is 6.73. The number of para-hydroxylation sites is 2. The zero-order valence-corrected chi connectivity index (χ0v) is 58.2. The summed E-state index contributed by atoms with van der Waals surface area (Å²) in [5.41, 5.74) is 18.3. The number of benzene rings is 15. The smallest absolute Gasteiger partial charge is 0.256 e. The molecule has 474 valence electrons. The Kier molecular flexibility index (Phi) is 14.9. The van der Waals surface area contributed by atoms with Crippen molar-refractivity contribution in [3.8, 4) is 50.6 Å². The maximum atomic E-state index is 7.99. The maximum absolute atomic E-state index is 7.99. The summed E-state index contributed by atoms with van der Waals surface area (Å²) in [5.74, 6) is 1.70. The quantitative estimate of drug-likeness (QED) is 0.0846. The molecular weight excluding hydrogens is 1240 g/mol. The van der Waals surface area contributed by atoms with E-state index in [-0.39, 0.29) is 12.1 Å². The summed E-state index contributed by atoms with van der Waals surface area (Å²) in [4.78, 5) is 2.64. The second-order valence-electron chi connectivity index (χ2n) is 27.8. The van der Waals surface area contributed by atoms with Gasteiger partial charge in [-0.15, -0.1) is 0 Å². The molecule has 18 rings (SSSR count). The molecule has 1 aromatic heterocycles. The topological polar surface area (TPSA) is 17.4 Å². The molecule has 3 heterocycles. The first kappa shape index (κ1) is 60.6. The SMILES string of the molecule is CC(C)(C)c1ccc(N2c3cc([Si](c4ccccc4)(c4ccccc4)c4cccc(-c5ccccc5)c4)ccc3B3c4ccc([Si](c5ccccc5)(c5ccccc5)c5cccc(-c6ccccc6)c5)cc4Oc4cc(-n5c6ccccc6c6ccccc65)cc2c43)c(-c2ccccc2)c1. The summed E-state index contributed by atoms with van der Waals surface area (Å²) in [6.07, 6.45) is 0. The van der Waals surface area contributed by atoms with Gasteiger partial charge in [0.2, 0.25) is 0 Å². The average molecular weight is 1310 g/mol. The Morgan fingerprint density at radius 3 is 1.19 bits per heavy atom. The van der Waals surface area contributed by atoms with Gasteiger partial charge in [-0.25, -0.2) is 0 Å². The number of aromatic nitrogens is 1. The van der Waals surface area contributed by atoms with Crippen LogP contribution >= 0.6 is 0 Å². The normalized spacial score (nSPS) is 12.6. The predicted octanol–water partition coefficient (Wildman–Crippen LogP) is 16.2. The van der Waals surface area contributed by atoms with Crippen LogP contribution < -0.4 is 67.5 Å². The molecule has 0 amide bonds. The van der Waals surface area contributed by atoms with Crippen molar-refractivity contribution in [3.63, 3.8) is 0 Å². The molecule has 0 spiro atoms. The van der Waals surface area contributed by atoms with E-state index in [2.05, 4.69) is 406 Å². The minimum absolute atomic E-state index is 0.136. The molecule has 2 aliphatic rings. The Bertz CT molecular complexity index is 5610. The van der Waals surface area contributed by atoms with Gasteiger partial charge < -0.3 is 14.2 Å². The molecule has 0 atom stereocenters. The van der Waals surface area contributed by atoms with Crippen molar-refractivity contribution in [3.05, 3.63) is 382 Å². The lowest BCUT2D eigenvalue weighted by Gasteiger charge is -2.43. The van der Waals surface area contributed by atoms with E-state index in [1.54, 1.807) is 0 Å². The van der Waals surface area contributed by atoms with Crippen LogP contribution in [0.15, 0.2) is 376 Å². The number of fused-ring (bicyclic) bond motifs is 7. The fourth-order valence-electron chi connectivity index (χ4n) is 16.7. The molecule has 3 nitrogen and oxygen atoms in total. The third kappa shape index (κ3) is 9.92. The first-order valence-electron chi connectivity index (χ1n) is 34.9. The van der Waals surface area contributed by atoms with E-state index in [0.29, 0.717) is 0 Å². The highest BCUT2D eigenvalue weighted by Gasteiger charge is 2.48. The highest BCUT2D eigenvalue weighted by molar-refractivity contribution is 7.20. The molecule has 0 N–H and O–H groups in total. The van der Waals surface area contributed by atoms with Crippen molar-refractivity contribution in [2.45, 2.75) is 26.2 Å². The average Bonchev–Trinajstić information content (AvgIpc) is 0.796. The van der Waals surface area contributed by atoms with Crippen molar-refractivity contribution >= 4 is 120 Å². The van der Waals surface area contributed by atoms with Crippen molar-refractivity contribution in [1.29, 1.82) is 0 Å². The number of hydrogen-bond acceptors (Lipinski definition) is 2. The van der Waals surface area contributed by atoms with Gasteiger partial charge >= 0.3 is 0 Å². The van der Waals surface area contributed by atoms with Crippen molar-refractivity contribution in [1.82, 2.24) is 4.57 Å². The van der Waals surface area contributed by atoms with Gasteiger partial charge in [-0.2, -0.15) is 0 Å². The van der Waals surface area contributed by atoms with E-state index >= 15 is 0 Å². The molecule has 0 saturated carbocycles. The molecule has 2 aliphatic heterocycles. The van der Waals surface area contributed by atoms with Crippen LogP contribution in [0.1, 0.15) is 26.3 Å². The van der Waals surface area contributed by atoms with Crippen LogP contribution in [-0.4, -0.2) is 27.4 Å². The van der Waals surface area contributed by atoms with Crippen LogP contribution in [0.3, 0.4) is 0 Å². The number of rotatable bonds is 13. The Morgan fingerprint density at radius 1 is 0.290 bits per heavy atom. The van der Waals surface area contributed by atoms with Crippen LogP contribution in [0.25, 0.3) is 60.9 Å². The van der Waals surface area contributed by atoms with Crippen LogP contribution in [0.2, 0.25) is 0 Å². The molecule has 6 heteroatoms. The molecule has 15 aromatic carbocycles.